The zero-order valence-electron chi connectivity index (χ0n) is 13.1. The van der Waals surface area contributed by atoms with Gasteiger partial charge >= 0.3 is 0 Å². The molecule has 0 fully saturated rings. The Kier molecular flexibility index (Phi) is 4.71. The number of fused-ring (bicyclic) bond motifs is 1. The van der Waals surface area contributed by atoms with Gasteiger partial charge in [0.15, 0.2) is 11.6 Å². The van der Waals surface area contributed by atoms with Crippen molar-refractivity contribution >= 4 is 23.2 Å². The van der Waals surface area contributed by atoms with E-state index in [-0.39, 0.29) is 12.5 Å². The molecule has 3 rings (SSSR count). The largest absolute Gasteiger partial charge is 0.492 e. The van der Waals surface area contributed by atoms with Crippen molar-refractivity contribution in [2.45, 2.75) is 13.3 Å². The second-order valence-electron chi connectivity index (χ2n) is 5.65. The molecule has 2 aromatic rings. The predicted octanol–water partition coefficient (Wildman–Crippen LogP) is 4.22. The van der Waals surface area contributed by atoms with Gasteiger partial charge in [-0.1, -0.05) is 11.6 Å². The van der Waals surface area contributed by atoms with Gasteiger partial charge in [-0.05, 0) is 49.2 Å². The Morgan fingerprint density at radius 2 is 2.04 bits per heavy atom. The Bertz CT molecular complexity index is 782. The molecular weight excluding hydrogens is 336 g/mol. The Morgan fingerprint density at radius 3 is 2.75 bits per heavy atom. The fraction of sp³-hybridized carbons (Fsp3) is 0.278. The van der Waals surface area contributed by atoms with E-state index in [9.17, 15) is 13.6 Å². The van der Waals surface area contributed by atoms with Crippen LogP contribution >= 0.6 is 11.6 Å². The van der Waals surface area contributed by atoms with E-state index in [1.54, 1.807) is 25.1 Å². The van der Waals surface area contributed by atoms with Crippen molar-refractivity contribution in [3.8, 4) is 5.75 Å². The smallest absolute Gasteiger partial charge is 0.233 e. The van der Waals surface area contributed by atoms with Gasteiger partial charge in [-0.25, -0.2) is 8.78 Å². The summed E-state index contributed by atoms with van der Waals surface area (Å²) in [6.45, 7) is 2.38. The Balaban J connectivity index is 1.83. The number of benzene rings is 2. The second-order valence-corrected chi connectivity index (χ2v) is 6.08. The number of carbonyl (C=O) groups is 1. The Morgan fingerprint density at radius 1 is 1.25 bits per heavy atom. The molecular formula is C18H16ClF2NO2. The highest BCUT2D eigenvalue weighted by Crippen LogP contribution is 2.31. The van der Waals surface area contributed by atoms with E-state index >= 15 is 0 Å². The van der Waals surface area contributed by atoms with Crippen molar-refractivity contribution in [2.24, 2.45) is 5.92 Å². The minimum atomic E-state index is -0.976. The van der Waals surface area contributed by atoms with Crippen LogP contribution in [0.2, 0.25) is 5.02 Å². The van der Waals surface area contributed by atoms with E-state index in [1.165, 1.54) is 11.0 Å². The molecule has 0 aromatic heterocycles. The molecule has 0 saturated heterocycles. The van der Waals surface area contributed by atoms with Gasteiger partial charge in [0.2, 0.25) is 5.91 Å². The molecule has 0 saturated carbocycles. The van der Waals surface area contributed by atoms with Crippen molar-refractivity contribution in [1.29, 1.82) is 0 Å². The van der Waals surface area contributed by atoms with Crippen LogP contribution in [-0.2, 0) is 11.2 Å². The number of nitrogens with zero attached hydrogens (tertiary/aromatic N) is 1. The third-order valence-electron chi connectivity index (χ3n) is 4.08. The number of rotatable bonds is 3. The monoisotopic (exact) mass is 351 g/mol. The van der Waals surface area contributed by atoms with Crippen LogP contribution in [0.4, 0.5) is 14.5 Å². The number of hydrogen-bond donors (Lipinski definition) is 0. The van der Waals surface area contributed by atoms with Crippen LogP contribution < -0.4 is 9.64 Å². The molecule has 0 N–H and O–H groups in total. The van der Waals surface area contributed by atoms with Crippen molar-refractivity contribution in [2.75, 3.05) is 18.1 Å². The van der Waals surface area contributed by atoms with Gasteiger partial charge in [-0.2, -0.15) is 0 Å². The first-order valence-corrected chi connectivity index (χ1v) is 8.05. The molecule has 0 spiro atoms. The van der Waals surface area contributed by atoms with Crippen molar-refractivity contribution in [3.63, 3.8) is 0 Å². The minimum absolute atomic E-state index is 0.186. The van der Waals surface area contributed by atoms with Crippen LogP contribution in [0.5, 0.6) is 5.75 Å². The van der Waals surface area contributed by atoms with Crippen LogP contribution in [-0.4, -0.2) is 19.1 Å². The average Bonchev–Trinajstić information content (AvgIpc) is 2.57. The van der Waals surface area contributed by atoms with Crippen molar-refractivity contribution in [3.05, 3.63) is 58.6 Å². The Labute approximate surface area is 143 Å². The summed E-state index contributed by atoms with van der Waals surface area (Å²) in [6.07, 6.45) is 0.495. The lowest BCUT2D eigenvalue weighted by Crippen LogP contribution is -2.41. The summed E-state index contributed by atoms with van der Waals surface area (Å²) in [6, 6.07) is 8.75. The Hall–Kier alpha value is -2.14. The molecule has 0 bridgehead atoms. The lowest BCUT2D eigenvalue weighted by atomic mass is 9.95. The summed E-state index contributed by atoms with van der Waals surface area (Å²) in [5.41, 5.74) is 1.20. The lowest BCUT2D eigenvalue weighted by molar-refractivity contribution is -0.123. The maximum Gasteiger partial charge on any atom is 0.233 e. The topological polar surface area (TPSA) is 29.5 Å². The summed E-state index contributed by atoms with van der Waals surface area (Å²) in [5.74, 6) is -1.78. The van der Waals surface area contributed by atoms with Gasteiger partial charge in [0, 0.05) is 23.3 Å². The normalized spacial score (nSPS) is 16.2. The average molecular weight is 352 g/mol. The fourth-order valence-electron chi connectivity index (χ4n) is 2.86. The SMILES string of the molecule is CCN(C(=O)C1COc2ccc(Cl)cc2C1)c1ccc(F)c(F)c1. The number of halogens is 3. The summed E-state index contributed by atoms with van der Waals surface area (Å²) < 4.78 is 32.2. The zero-order valence-corrected chi connectivity index (χ0v) is 13.8. The quantitative estimate of drug-likeness (QED) is 0.828. The number of hydrogen-bond acceptors (Lipinski definition) is 2. The molecule has 3 nitrogen and oxygen atoms in total. The van der Waals surface area contributed by atoms with Gasteiger partial charge in [-0.3, -0.25) is 4.79 Å². The molecule has 1 aliphatic rings. The zero-order chi connectivity index (χ0) is 17.3. The van der Waals surface area contributed by atoms with E-state index in [4.69, 9.17) is 16.3 Å². The first-order valence-electron chi connectivity index (χ1n) is 7.67. The van der Waals surface area contributed by atoms with Crippen molar-refractivity contribution in [1.82, 2.24) is 0 Å². The van der Waals surface area contributed by atoms with Crippen LogP contribution in [0.15, 0.2) is 36.4 Å². The molecule has 6 heteroatoms. The highest BCUT2D eigenvalue weighted by molar-refractivity contribution is 6.30. The summed E-state index contributed by atoms with van der Waals surface area (Å²) in [4.78, 5) is 14.3. The predicted molar refractivity (Wildman–Crippen MR) is 88.5 cm³/mol. The molecule has 24 heavy (non-hydrogen) atoms. The molecule has 0 aliphatic carbocycles. The molecule has 2 aromatic carbocycles. The standard InChI is InChI=1S/C18H16ClF2NO2/c1-2-22(14-4-5-15(20)16(21)9-14)18(23)12-7-11-8-13(19)3-6-17(11)24-10-12/h3-6,8-9,12H,2,7,10H2,1H3. The maximum atomic E-state index is 13.5. The molecule has 1 amide bonds. The van der Waals surface area contributed by atoms with E-state index in [1.807, 2.05) is 0 Å². The van der Waals surface area contributed by atoms with E-state index < -0.39 is 17.6 Å². The van der Waals surface area contributed by atoms with Gasteiger partial charge in [-0.15, -0.1) is 0 Å². The molecule has 1 heterocycles. The molecule has 126 valence electrons. The van der Waals surface area contributed by atoms with Gasteiger partial charge in [0.05, 0.1) is 5.92 Å². The van der Waals surface area contributed by atoms with Crippen molar-refractivity contribution < 1.29 is 18.3 Å². The molecule has 1 aliphatic heterocycles. The van der Waals surface area contributed by atoms with Gasteiger partial charge in [0.1, 0.15) is 12.4 Å². The first-order chi connectivity index (χ1) is 11.5. The fourth-order valence-corrected chi connectivity index (χ4v) is 3.06. The van der Waals surface area contributed by atoms with Crippen LogP contribution in [0.3, 0.4) is 0 Å². The van der Waals surface area contributed by atoms with E-state index in [0.29, 0.717) is 23.7 Å². The van der Waals surface area contributed by atoms with E-state index in [2.05, 4.69) is 0 Å². The van der Waals surface area contributed by atoms with Gasteiger partial charge < -0.3 is 9.64 Å². The summed E-state index contributed by atoms with van der Waals surface area (Å²) in [7, 11) is 0. The summed E-state index contributed by atoms with van der Waals surface area (Å²) in [5, 5.41) is 0.582. The molecule has 1 unspecified atom stereocenters. The molecule has 1 atom stereocenters. The minimum Gasteiger partial charge on any atom is -0.492 e. The van der Waals surface area contributed by atoms with E-state index in [0.717, 1.165) is 23.4 Å². The highest BCUT2D eigenvalue weighted by atomic mass is 35.5. The number of anilines is 1. The number of amides is 1. The lowest BCUT2D eigenvalue weighted by Gasteiger charge is -2.30. The second kappa shape index (κ2) is 6.77. The third-order valence-corrected chi connectivity index (χ3v) is 4.31. The van der Waals surface area contributed by atoms with Crippen LogP contribution in [0, 0.1) is 17.6 Å². The number of carbonyl (C=O) groups excluding carboxylic acids is 1. The number of ether oxygens (including phenoxy) is 1. The summed E-state index contributed by atoms with van der Waals surface area (Å²) >= 11 is 5.99. The van der Waals surface area contributed by atoms with Crippen LogP contribution in [0.1, 0.15) is 12.5 Å². The molecule has 0 radical (unpaired) electrons. The maximum absolute atomic E-state index is 13.5. The first kappa shape index (κ1) is 16.7. The van der Waals surface area contributed by atoms with Crippen LogP contribution in [0.25, 0.3) is 0 Å². The third kappa shape index (κ3) is 3.22. The van der Waals surface area contributed by atoms with Gasteiger partial charge in [0.25, 0.3) is 0 Å². The highest BCUT2D eigenvalue weighted by Gasteiger charge is 2.30.